The quantitative estimate of drug-likeness (QED) is 0.434. The summed E-state index contributed by atoms with van der Waals surface area (Å²) in [5.41, 5.74) is 3.42. The Kier molecular flexibility index (Phi) is 7.30. The Morgan fingerprint density at radius 3 is 2.48 bits per heavy atom. The fourth-order valence-corrected chi connectivity index (χ4v) is 7.61. The van der Waals surface area contributed by atoms with Gasteiger partial charge in [0.1, 0.15) is 0 Å². The summed E-state index contributed by atoms with van der Waals surface area (Å²) in [4.78, 5) is 4.43. The fraction of sp³-hybridized carbons (Fsp3) is 0.767. The lowest BCUT2D eigenvalue weighted by molar-refractivity contribution is -0.138. The van der Waals surface area contributed by atoms with E-state index in [2.05, 4.69) is 90.9 Å². The molecule has 0 spiro atoms. The van der Waals surface area contributed by atoms with E-state index in [-0.39, 0.29) is 33.2 Å². The number of nitrogens with one attached hydrogen (secondary N) is 1. The van der Waals surface area contributed by atoms with Crippen LogP contribution in [0.2, 0.25) is 0 Å². The van der Waals surface area contributed by atoms with Gasteiger partial charge in [0, 0.05) is 18.4 Å². The van der Waals surface area contributed by atoms with Crippen LogP contribution in [0.15, 0.2) is 30.6 Å². The molecular formula is C30H50N2O. The first kappa shape index (κ1) is 26.4. The minimum atomic E-state index is -0.187. The van der Waals surface area contributed by atoms with Crippen LogP contribution in [0.3, 0.4) is 0 Å². The molecule has 0 bridgehead atoms. The molecular weight excluding hydrogens is 404 g/mol. The molecule has 1 aromatic heterocycles. The molecule has 0 saturated heterocycles. The van der Waals surface area contributed by atoms with E-state index in [1.54, 1.807) is 0 Å². The van der Waals surface area contributed by atoms with Gasteiger partial charge in [-0.1, -0.05) is 67.5 Å². The summed E-state index contributed by atoms with van der Waals surface area (Å²) in [5.74, 6) is 0. The second-order valence-electron chi connectivity index (χ2n) is 13.1. The molecule has 1 fully saturated rings. The number of aromatic nitrogens is 1. The molecule has 5 atom stereocenters. The van der Waals surface area contributed by atoms with Gasteiger partial charge in [0.2, 0.25) is 0 Å². The molecule has 2 N–H and O–H groups in total. The second-order valence-corrected chi connectivity index (χ2v) is 13.1. The van der Waals surface area contributed by atoms with Crippen LogP contribution in [0.25, 0.3) is 5.57 Å². The SMILES string of the molecule is CC[C@H](NC)[C@@]1(C)C[C@@H](O)CC[C@]1(C)C(C)(C)CC[C@]1(C)C(c2cccnc2)=CCC1(C)C. The lowest BCUT2D eigenvalue weighted by Gasteiger charge is -2.62. The van der Waals surface area contributed by atoms with E-state index in [9.17, 15) is 5.11 Å². The highest BCUT2D eigenvalue weighted by Crippen LogP contribution is 2.65. The molecule has 0 unspecified atom stereocenters. The summed E-state index contributed by atoms with van der Waals surface area (Å²) in [6.07, 6.45) is 13.6. The zero-order valence-corrected chi connectivity index (χ0v) is 22.9. The van der Waals surface area contributed by atoms with Crippen LogP contribution in [-0.2, 0) is 0 Å². The Morgan fingerprint density at radius 2 is 1.91 bits per heavy atom. The Labute approximate surface area is 203 Å². The van der Waals surface area contributed by atoms with Crippen molar-refractivity contribution >= 4 is 5.57 Å². The van der Waals surface area contributed by atoms with Crippen molar-refractivity contribution in [3.8, 4) is 0 Å². The molecule has 1 aromatic rings. The van der Waals surface area contributed by atoms with Crippen LogP contribution in [0, 0.1) is 27.1 Å². The van der Waals surface area contributed by atoms with Gasteiger partial charge >= 0.3 is 0 Å². The maximum absolute atomic E-state index is 10.7. The van der Waals surface area contributed by atoms with Gasteiger partial charge in [-0.3, -0.25) is 4.98 Å². The van der Waals surface area contributed by atoms with Crippen molar-refractivity contribution in [3.05, 3.63) is 36.2 Å². The molecule has 1 saturated carbocycles. The van der Waals surface area contributed by atoms with Crippen molar-refractivity contribution < 1.29 is 5.11 Å². The molecule has 186 valence electrons. The normalized spacial score (nSPS) is 35.3. The molecule has 3 rings (SSSR count). The number of hydrogen-bond acceptors (Lipinski definition) is 3. The average molecular weight is 455 g/mol. The van der Waals surface area contributed by atoms with E-state index in [0.29, 0.717) is 6.04 Å². The summed E-state index contributed by atoms with van der Waals surface area (Å²) in [6, 6.07) is 4.69. The number of pyridine rings is 1. The first-order valence-electron chi connectivity index (χ1n) is 13.2. The monoisotopic (exact) mass is 454 g/mol. The van der Waals surface area contributed by atoms with Gasteiger partial charge in [0.15, 0.2) is 0 Å². The number of aliphatic hydroxyl groups is 1. The first-order valence-corrected chi connectivity index (χ1v) is 13.2. The molecule has 0 amide bonds. The molecule has 1 heterocycles. The molecule has 3 nitrogen and oxygen atoms in total. The predicted octanol–water partition coefficient (Wildman–Crippen LogP) is 7.26. The van der Waals surface area contributed by atoms with Crippen molar-refractivity contribution in [2.75, 3.05) is 7.05 Å². The number of allylic oxidation sites excluding steroid dienone is 2. The third kappa shape index (κ3) is 4.22. The van der Waals surface area contributed by atoms with Crippen molar-refractivity contribution in [3.63, 3.8) is 0 Å². The van der Waals surface area contributed by atoms with Crippen molar-refractivity contribution in [1.82, 2.24) is 10.3 Å². The van der Waals surface area contributed by atoms with Crippen LogP contribution >= 0.6 is 0 Å². The van der Waals surface area contributed by atoms with E-state index in [0.717, 1.165) is 38.5 Å². The van der Waals surface area contributed by atoms with Gasteiger partial charge in [-0.15, -0.1) is 0 Å². The summed E-state index contributed by atoms with van der Waals surface area (Å²) >= 11 is 0. The van der Waals surface area contributed by atoms with Crippen LogP contribution in [-0.4, -0.2) is 29.3 Å². The van der Waals surface area contributed by atoms with Crippen LogP contribution < -0.4 is 5.32 Å². The standard InChI is InChI=1S/C30H50N2O/c1-10-25(31-9)29(7)20-23(33)13-16-30(29,8)27(4,5)17-18-28(6)24(14-15-26(28,2)3)22-12-11-19-32-21-22/h11-12,14,19,21,23,25,31,33H,10,13,15-18,20H2,1-9H3/t23-,25-,28+,29+,30+/m0/s1. The highest BCUT2D eigenvalue weighted by Gasteiger charge is 2.59. The van der Waals surface area contributed by atoms with E-state index in [1.807, 2.05) is 12.4 Å². The number of aliphatic hydroxyl groups excluding tert-OH is 1. The van der Waals surface area contributed by atoms with Gasteiger partial charge in [0.05, 0.1) is 6.10 Å². The molecule has 0 radical (unpaired) electrons. The van der Waals surface area contributed by atoms with E-state index in [4.69, 9.17) is 0 Å². The van der Waals surface area contributed by atoms with Gasteiger partial charge in [-0.2, -0.15) is 0 Å². The van der Waals surface area contributed by atoms with E-state index < -0.39 is 0 Å². The number of nitrogens with zero attached hydrogens (tertiary/aromatic N) is 1. The number of rotatable bonds is 8. The third-order valence-electron chi connectivity index (χ3n) is 11.0. The lowest BCUT2D eigenvalue weighted by atomic mass is 9.44. The maximum Gasteiger partial charge on any atom is 0.0546 e. The molecule has 2 aliphatic carbocycles. The Balaban J connectivity index is 1.93. The molecule has 0 aromatic carbocycles. The lowest BCUT2D eigenvalue weighted by Crippen LogP contribution is -2.60. The van der Waals surface area contributed by atoms with Crippen LogP contribution in [0.1, 0.15) is 106 Å². The summed E-state index contributed by atoms with van der Waals surface area (Å²) in [5, 5.41) is 14.3. The van der Waals surface area contributed by atoms with Crippen molar-refractivity contribution in [1.29, 1.82) is 0 Å². The maximum atomic E-state index is 10.7. The van der Waals surface area contributed by atoms with Gasteiger partial charge in [-0.25, -0.2) is 0 Å². The van der Waals surface area contributed by atoms with Gasteiger partial charge in [-0.05, 0) is 96.3 Å². The fourth-order valence-electron chi connectivity index (χ4n) is 7.61. The summed E-state index contributed by atoms with van der Waals surface area (Å²) < 4.78 is 0. The third-order valence-corrected chi connectivity index (χ3v) is 11.0. The topological polar surface area (TPSA) is 45.1 Å². The second kappa shape index (κ2) is 9.11. The molecule has 0 aliphatic heterocycles. The zero-order valence-electron chi connectivity index (χ0n) is 22.9. The van der Waals surface area contributed by atoms with Crippen LogP contribution in [0.4, 0.5) is 0 Å². The van der Waals surface area contributed by atoms with Crippen molar-refractivity contribution in [2.24, 2.45) is 27.1 Å². The van der Waals surface area contributed by atoms with Gasteiger partial charge in [0.25, 0.3) is 0 Å². The Hall–Kier alpha value is -1.19. The minimum Gasteiger partial charge on any atom is -0.393 e. The smallest absolute Gasteiger partial charge is 0.0546 e. The predicted molar refractivity (Wildman–Crippen MR) is 141 cm³/mol. The van der Waals surface area contributed by atoms with E-state index >= 15 is 0 Å². The number of hydrogen-bond donors (Lipinski definition) is 2. The molecule has 3 heteroatoms. The zero-order chi connectivity index (χ0) is 24.7. The Bertz CT molecular complexity index is 840. The molecule has 2 aliphatic rings. The Morgan fingerprint density at radius 1 is 1.21 bits per heavy atom. The van der Waals surface area contributed by atoms with Crippen LogP contribution in [0.5, 0.6) is 0 Å². The highest BCUT2D eigenvalue weighted by molar-refractivity contribution is 5.72. The van der Waals surface area contributed by atoms with E-state index in [1.165, 1.54) is 17.6 Å². The largest absolute Gasteiger partial charge is 0.393 e. The highest BCUT2D eigenvalue weighted by atomic mass is 16.3. The average Bonchev–Trinajstić information content (AvgIpc) is 3.00. The van der Waals surface area contributed by atoms with Gasteiger partial charge < -0.3 is 10.4 Å². The molecule has 33 heavy (non-hydrogen) atoms. The summed E-state index contributed by atoms with van der Waals surface area (Å²) in [6.45, 7) is 19.6. The minimum absolute atomic E-state index is 0.0474. The van der Waals surface area contributed by atoms with Crippen molar-refractivity contribution in [2.45, 2.75) is 112 Å². The summed E-state index contributed by atoms with van der Waals surface area (Å²) in [7, 11) is 2.10. The first-order chi connectivity index (χ1) is 15.3.